The minimum absolute atomic E-state index is 0. The van der Waals surface area contributed by atoms with Crippen LogP contribution in [0.4, 0.5) is 10.5 Å². The van der Waals surface area contributed by atoms with E-state index in [1.54, 1.807) is 7.05 Å². The van der Waals surface area contributed by atoms with Crippen molar-refractivity contribution >= 4 is 41.7 Å². The summed E-state index contributed by atoms with van der Waals surface area (Å²) >= 11 is 0. The van der Waals surface area contributed by atoms with Crippen molar-refractivity contribution in [1.82, 2.24) is 10.6 Å². The highest BCUT2D eigenvalue weighted by Crippen LogP contribution is 2.32. The maximum atomic E-state index is 11.6. The summed E-state index contributed by atoms with van der Waals surface area (Å²) in [6, 6.07) is 5.66. The number of halogens is 1. The van der Waals surface area contributed by atoms with Gasteiger partial charge in [0.15, 0.2) is 17.5 Å². The lowest BCUT2D eigenvalue weighted by Crippen LogP contribution is -2.39. The fraction of sp³-hybridized carbons (Fsp3) is 0.556. The molecule has 0 bridgehead atoms. The average Bonchev–Trinajstić information content (AvgIpc) is 2.80. The highest BCUT2D eigenvalue weighted by molar-refractivity contribution is 14.0. The Labute approximate surface area is 177 Å². The number of ether oxygens (including phenoxy) is 3. The SMILES string of the molecule is CN=C(NCCNC(=O)OC(C)(C)C)Nc1ccc2c(c1)OCCCO2.I. The fourth-order valence-corrected chi connectivity index (χ4v) is 2.22. The molecule has 0 aromatic heterocycles. The molecule has 1 heterocycles. The van der Waals surface area contributed by atoms with Gasteiger partial charge in [0.25, 0.3) is 0 Å². The Morgan fingerprint density at radius 3 is 2.48 bits per heavy atom. The average molecular weight is 492 g/mol. The molecule has 9 heteroatoms. The molecule has 0 saturated heterocycles. The van der Waals surface area contributed by atoms with Crippen LogP contribution in [0.5, 0.6) is 11.5 Å². The third-order valence-electron chi connectivity index (χ3n) is 3.32. The van der Waals surface area contributed by atoms with E-state index in [2.05, 4.69) is 20.9 Å². The van der Waals surface area contributed by atoms with Crippen molar-refractivity contribution in [2.24, 2.45) is 4.99 Å². The van der Waals surface area contributed by atoms with Crippen molar-refractivity contribution in [3.63, 3.8) is 0 Å². The first kappa shape index (κ1) is 23.1. The smallest absolute Gasteiger partial charge is 0.407 e. The van der Waals surface area contributed by atoms with Crippen LogP contribution in [0, 0.1) is 0 Å². The molecule has 2 rings (SSSR count). The third kappa shape index (κ3) is 8.55. The van der Waals surface area contributed by atoms with Crippen LogP contribution in [-0.2, 0) is 4.74 Å². The molecule has 0 spiro atoms. The highest BCUT2D eigenvalue weighted by Gasteiger charge is 2.15. The van der Waals surface area contributed by atoms with Gasteiger partial charge >= 0.3 is 6.09 Å². The summed E-state index contributed by atoms with van der Waals surface area (Å²) in [6.07, 6.45) is 0.427. The van der Waals surface area contributed by atoms with Crippen LogP contribution in [-0.4, -0.2) is 51.0 Å². The third-order valence-corrected chi connectivity index (χ3v) is 3.32. The van der Waals surface area contributed by atoms with Gasteiger partial charge in [-0.1, -0.05) is 0 Å². The molecule has 3 N–H and O–H groups in total. The summed E-state index contributed by atoms with van der Waals surface area (Å²) in [4.78, 5) is 15.8. The first-order valence-corrected chi connectivity index (χ1v) is 8.71. The second-order valence-electron chi connectivity index (χ2n) is 6.76. The molecule has 1 aromatic carbocycles. The lowest BCUT2D eigenvalue weighted by Gasteiger charge is -2.20. The summed E-state index contributed by atoms with van der Waals surface area (Å²) in [6.45, 7) is 7.69. The number of nitrogens with zero attached hydrogens (tertiary/aromatic N) is 1. The minimum Gasteiger partial charge on any atom is -0.490 e. The van der Waals surface area contributed by atoms with Crippen molar-refractivity contribution in [3.8, 4) is 11.5 Å². The normalized spacial score (nSPS) is 13.7. The van der Waals surface area contributed by atoms with Gasteiger partial charge in [0.05, 0.1) is 13.2 Å². The number of fused-ring (bicyclic) bond motifs is 1. The molecule has 27 heavy (non-hydrogen) atoms. The molecule has 0 atom stereocenters. The monoisotopic (exact) mass is 492 g/mol. The Kier molecular flexibility index (Phi) is 9.47. The lowest BCUT2D eigenvalue weighted by molar-refractivity contribution is 0.0529. The maximum Gasteiger partial charge on any atom is 0.407 e. The predicted octanol–water partition coefficient (Wildman–Crippen LogP) is 2.98. The van der Waals surface area contributed by atoms with E-state index >= 15 is 0 Å². The van der Waals surface area contributed by atoms with Crippen molar-refractivity contribution in [2.45, 2.75) is 32.8 Å². The largest absolute Gasteiger partial charge is 0.490 e. The molecule has 1 aromatic rings. The van der Waals surface area contributed by atoms with Gasteiger partial charge in [-0.05, 0) is 32.9 Å². The molecule has 1 amide bonds. The molecular weight excluding hydrogens is 463 g/mol. The number of rotatable bonds is 4. The lowest BCUT2D eigenvalue weighted by atomic mass is 10.2. The first-order chi connectivity index (χ1) is 12.4. The molecule has 0 fully saturated rings. The van der Waals surface area contributed by atoms with Crippen LogP contribution in [0.15, 0.2) is 23.2 Å². The van der Waals surface area contributed by atoms with E-state index in [1.807, 2.05) is 39.0 Å². The van der Waals surface area contributed by atoms with Gasteiger partial charge in [-0.25, -0.2) is 4.79 Å². The predicted molar refractivity (Wildman–Crippen MR) is 117 cm³/mol. The number of benzene rings is 1. The molecule has 1 aliphatic heterocycles. The number of hydrogen-bond acceptors (Lipinski definition) is 5. The van der Waals surface area contributed by atoms with E-state index in [0.717, 1.165) is 23.6 Å². The topological polar surface area (TPSA) is 93.2 Å². The van der Waals surface area contributed by atoms with E-state index in [-0.39, 0.29) is 24.0 Å². The quantitative estimate of drug-likeness (QED) is 0.259. The molecule has 152 valence electrons. The maximum absolute atomic E-state index is 11.6. The summed E-state index contributed by atoms with van der Waals surface area (Å²) in [5.74, 6) is 2.05. The van der Waals surface area contributed by atoms with Crippen molar-refractivity contribution in [1.29, 1.82) is 0 Å². The number of nitrogens with one attached hydrogen (secondary N) is 3. The van der Waals surface area contributed by atoms with Gasteiger partial charge < -0.3 is 30.2 Å². The Bertz CT molecular complexity index is 647. The minimum atomic E-state index is -0.508. The van der Waals surface area contributed by atoms with E-state index in [9.17, 15) is 4.79 Å². The molecule has 0 saturated carbocycles. The molecule has 0 unspecified atom stereocenters. The summed E-state index contributed by atoms with van der Waals surface area (Å²) in [5, 5.41) is 9.00. The van der Waals surface area contributed by atoms with Crippen molar-refractivity contribution in [2.75, 3.05) is 38.7 Å². The second kappa shape index (κ2) is 11.1. The van der Waals surface area contributed by atoms with Crippen molar-refractivity contribution < 1.29 is 19.0 Å². The Morgan fingerprint density at radius 2 is 1.81 bits per heavy atom. The standard InChI is InChI=1S/C18H28N4O4.HI/c1-18(2,3)26-17(23)21-9-8-20-16(19-4)22-13-6-7-14-15(12-13)25-11-5-10-24-14;/h6-7,12H,5,8-11H2,1-4H3,(H,21,23)(H2,19,20,22);1H. The van der Waals surface area contributed by atoms with Gasteiger partial charge in [-0.3, -0.25) is 4.99 Å². The van der Waals surface area contributed by atoms with Crippen LogP contribution in [0.25, 0.3) is 0 Å². The molecule has 8 nitrogen and oxygen atoms in total. The zero-order valence-corrected chi connectivity index (χ0v) is 18.6. The number of amides is 1. The number of alkyl carbamates (subject to hydrolysis) is 1. The Balaban J connectivity index is 0.00000364. The van der Waals surface area contributed by atoms with Crippen LogP contribution >= 0.6 is 24.0 Å². The number of guanidine groups is 1. The van der Waals surface area contributed by atoms with Crippen LogP contribution in [0.3, 0.4) is 0 Å². The van der Waals surface area contributed by atoms with E-state index in [4.69, 9.17) is 14.2 Å². The fourth-order valence-electron chi connectivity index (χ4n) is 2.22. The van der Waals surface area contributed by atoms with Crippen LogP contribution in [0.1, 0.15) is 27.2 Å². The number of anilines is 1. The number of carbonyl (C=O) groups is 1. The number of carbonyl (C=O) groups excluding carboxylic acids is 1. The second-order valence-corrected chi connectivity index (χ2v) is 6.76. The van der Waals surface area contributed by atoms with Gasteiger partial charge in [0.1, 0.15) is 5.60 Å². The Hall–Kier alpha value is -1.91. The van der Waals surface area contributed by atoms with Gasteiger partial charge in [-0.15, -0.1) is 24.0 Å². The van der Waals surface area contributed by atoms with Gasteiger partial charge in [-0.2, -0.15) is 0 Å². The zero-order valence-electron chi connectivity index (χ0n) is 16.3. The molecule has 0 radical (unpaired) electrons. The summed E-state index contributed by atoms with van der Waals surface area (Å²) in [7, 11) is 1.68. The van der Waals surface area contributed by atoms with E-state index < -0.39 is 11.7 Å². The van der Waals surface area contributed by atoms with Crippen molar-refractivity contribution in [3.05, 3.63) is 18.2 Å². The van der Waals surface area contributed by atoms with E-state index in [1.165, 1.54) is 0 Å². The van der Waals surface area contributed by atoms with Crippen LogP contribution < -0.4 is 25.4 Å². The molecule has 1 aliphatic rings. The molecule has 0 aliphatic carbocycles. The summed E-state index contributed by atoms with van der Waals surface area (Å²) in [5.41, 5.74) is 0.328. The first-order valence-electron chi connectivity index (χ1n) is 8.71. The highest BCUT2D eigenvalue weighted by atomic mass is 127. The number of aliphatic imine (C=N–C) groups is 1. The number of hydrogen-bond donors (Lipinski definition) is 3. The zero-order chi connectivity index (χ0) is 19.0. The van der Waals surface area contributed by atoms with E-state index in [0.29, 0.717) is 32.3 Å². The Morgan fingerprint density at radius 1 is 1.15 bits per heavy atom. The van der Waals surface area contributed by atoms with Gasteiger partial charge in [0.2, 0.25) is 0 Å². The summed E-state index contributed by atoms with van der Waals surface area (Å²) < 4.78 is 16.5. The molecular formula is C18H29IN4O4. The van der Waals surface area contributed by atoms with Crippen LogP contribution in [0.2, 0.25) is 0 Å². The van der Waals surface area contributed by atoms with Gasteiger partial charge in [0, 0.05) is 38.3 Å².